The smallest absolute Gasteiger partial charge is 0.254 e. The van der Waals surface area contributed by atoms with Crippen LogP contribution < -0.4 is 5.43 Å². The van der Waals surface area contributed by atoms with Crippen LogP contribution in [0.4, 0.5) is 0 Å². The van der Waals surface area contributed by atoms with Gasteiger partial charge in [0.2, 0.25) is 0 Å². The van der Waals surface area contributed by atoms with Gasteiger partial charge in [0.25, 0.3) is 5.91 Å². The fourth-order valence-electron chi connectivity index (χ4n) is 1.04. The molecule has 0 unspecified atom stereocenters. The molecule has 1 aromatic carbocycles. The molecule has 5 heteroatoms. The summed E-state index contributed by atoms with van der Waals surface area (Å²) in [6.45, 7) is 1.80. The lowest BCUT2D eigenvalue weighted by Crippen LogP contribution is -2.18. The largest absolute Gasteiger partial charge is 0.272 e. The number of nitrogens with one attached hydrogen (secondary N) is 1. The van der Waals surface area contributed by atoms with Gasteiger partial charge in [0.1, 0.15) is 6.42 Å². The highest BCUT2D eigenvalue weighted by atomic mass is 127. The number of rotatable bonds is 3. The first-order chi connectivity index (χ1) is 7.63. The van der Waals surface area contributed by atoms with Gasteiger partial charge < -0.3 is 0 Å². The maximum absolute atomic E-state index is 11.0. The van der Waals surface area contributed by atoms with E-state index in [0.29, 0.717) is 5.71 Å². The van der Waals surface area contributed by atoms with E-state index in [0.717, 1.165) is 9.13 Å². The van der Waals surface area contributed by atoms with Gasteiger partial charge in [-0.05, 0) is 47.2 Å². The van der Waals surface area contributed by atoms with Gasteiger partial charge in [0.05, 0.1) is 11.8 Å². The first-order valence-corrected chi connectivity index (χ1v) is 5.67. The molecule has 0 spiro atoms. The molecule has 1 aromatic rings. The minimum Gasteiger partial charge on any atom is -0.272 e. The number of nitrogens with zero attached hydrogens (tertiary/aromatic N) is 2. The molecule has 4 nitrogen and oxygen atoms in total. The average molecular weight is 327 g/mol. The highest BCUT2D eigenvalue weighted by molar-refractivity contribution is 14.1. The Balaban J connectivity index is 2.71. The summed E-state index contributed by atoms with van der Waals surface area (Å²) in [5.74, 6) is -0.396. The van der Waals surface area contributed by atoms with Crippen molar-refractivity contribution < 1.29 is 4.79 Å². The van der Waals surface area contributed by atoms with Crippen molar-refractivity contribution in [2.24, 2.45) is 5.10 Å². The van der Waals surface area contributed by atoms with Crippen molar-refractivity contribution in [3.05, 3.63) is 33.4 Å². The predicted octanol–water partition coefficient (Wildman–Crippen LogP) is 2.05. The molecule has 0 aromatic heterocycles. The van der Waals surface area contributed by atoms with E-state index in [-0.39, 0.29) is 6.42 Å². The highest BCUT2D eigenvalue weighted by Crippen LogP contribution is 2.08. The molecule has 0 radical (unpaired) electrons. The molecule has 1 amide bonds. The van der Waals surface area contributed by atoms with Crippen LogP contribution in [-0.2, 0) is 4.79 Å². The van der Waals surface area contributed by atoms with Crippen LogP contribution in [0.1, 0.15) is 18.9 Å². The Morgan fingerprint density at radius 1 is 1.62 bits per heavy atom. The van der Waals surface area contributed by atoms with Gasteiger partial charge in [-0.3, -0.25) is 4.79 Å². The first kappa shape index (κ1) is 12.6. The van der Waals surface area contributed by atoms with Gasteiger partial charge in [-0.2, -0.15) is 10.4 Å². The van der Waals surface area contributed by atoms with E-state index in [2.05, 4.69) is 33.1 Å². The van der Waals surface area contributed by atoms with Gasteiger partial charge in [-0.15, -0.1) is 0 Å². The van der Waals surface area contributed by atoms with Gasteiger partial charge in [-0.1, -0.05) is 12.1 Å². The molecule has 0 fully saturated rings. The molecule has 0 heterocycles. The average Bonchev–Trinajstić information content (AvgIpc) is 2.26. The van der Waals surface area contributed by atoms with Gasteiger partial charge in [-0.25, -0.2) is 5.43 Å². The highest BCUT2D eigenvalue weighted by Gasteiger charge is 2.00. The second-order valence-electron chi connectivity index (χ2n) is 3.08. The fraction of sp³-hybridized carbons (Fsp3) is 0.182. The minimum absolute atomic E-state index is 0.177. The molecule has 0 saturated carbocycles. The van der Waals surface area contributed by atoms with Crippen molar-refractivity contribution in [2.75, 3.05) is 0 Å². The number of carbonyl (C=O) groups is 1. The maximum Gasteiger partial charge on any atom is 0.254 e. The Morgan fingerprint density at radius 2 is 2.38 bits per heavy atom. The van der Waals surface area contributed by atoms with E-state index in [9.17, 15) is 4.79 Å². The van der Waals surface area contributed by atoms with Crippen molar-refractivity contribution in [1.29, 1.82) is 5.26 Å². The zero-order valence-corrected chi connectivity index (χ0v) is 10.9. The molecule has 0 aliphatic rings. The molecule has 0 atom stereocenters. The fourth-order valence-corrected chi connectivity index (χ4v) is 1.58. The van der Waals surface area contributed by atoms with Crippen molar-refractivity contribution >= 4 is 34.2 Å². The van der Waals surface area contributed by atoms with Crippen LogP contribution in [0.25, 0.3) is 0 Å². The van der Waals surface area contributed by atoms with Gasteiger partial charge in [0, 0.05) is 3.57 Å². The van der Waals surface area contributed by atoms with Crippen LogP contribution in [0, 0.1) is 14.9 Å². The number of benzene rings is 1. The summed E-state index contributed by atoms with van der Waals surface area (Å²) in [6, 6.07) is 9.54. The molecule has 16 heavy (non-hydrogen) atoms. The summed E-state index contributed by atoms with van der Waals surface area (Å²) in [5, 5.41) is 12.2. The maximum atomic E-state index is 11.0. The predicted molar refractivity (Wildman–Crippen MR) is 69.7 cm³/mol. The van der Waals surface area contributed by atoms with E-state index in [1.165, 1.54) is 0 Å². The Morgan fingerprint density at radius 3 is 3.00 bits per heavy atom. The molecule has 0 aliphatic heterocycles. The number of hydrogen-bond donors (Lipinski definition) is 1. The SMILES string of the molecule is C/C(=N/NC(=O)CC#N)c1cccc(I)c1. The van der Waals surface area contributed by atoms with E-state index < -0.39 is 5.91 Å². The van der Waals surface area contributed by atoms with Crippen LogP contribution in [0.15, 0.2) is 29.4 Å². The lowest BCUT2D eigenvalue weighted by molar-refractivity contribution is -0.120. The second kappa shape index (κ2) is 6.23. The van der Waals surface area contributed by atoms with Crippen LogP contribution in [-0.4, -0.2) is 11.6 Å². The normalized spacial score (nSPS) is 10.7. The van der Waals surface area contributed by atoms with Crippen LogP contribution in [0.3, 0.4) is 0 Å². The zero-order chi connectivity index (χ0) is 12.0. The van der Waals surface area contributed by atoms with Crippen molar-refractivity contribution in [2.45, 2.75) is 13.3 Å². The summed E-state index contributed by atoms with van der Waals surface area (Å²) in [6.07, 6.45) is -0.177. The van der Waals surface area contributed by atoms with E-state index >= 15 is 0 Å². The number of carbonyl (C=O) groups excluding carboxylic acids is 1. The van der Waals surface area contributed by atoms with Crippen molar-refractivity contribution in [3.63, 3.8) is 0 Å². The standard InChI is InChI=1S/C11H10IN3O/c1-8(14-15-11(16)5-6-13)9-3-2-4-10(12)7-9/h2-4,7H,5H2,1H3,(H,15,16)/b14-8-. The van der Waals surface area contributed by atoms with Crippen LogP contribution in [0.2, 0.25) is 0 Å². The quantitative estimate of drug-likeness (QED) is 0.525. The first-order valence-electron chi connectivity index (χ1n) is 4.59. The summed E-state index contributed by atoms with van der Waals surface area (Å²) in [7, 11) is 0. The van der Waals surface area contributed by atoms with Crippen LogP contribution in [0.5, 0.6) is 0 Å². The van der Waals surface area contributed by atoms with E-state index in [4.69, 9.17) is 5.26 Å². The Labute approximate surface area is 107 Å². The molecule has 1 N–H and O–H groups in total. The topological polar surface area (TPSA) is 65.2 Å². The van der Waals surface area contributed by atoms with Crippen LogP contribution >= 0.6 is 22.6 Å². The zero-order valence-electron chi connectivity index (χ0n) is 8.70. The molecule has 0 aliphatic carbocycles. The third-order valence-electron chi connectivity index (χ3n) is 1.83. The number of amides is 1. The van der Waals surface area contributed by atoms with Gasteiger partial charge >= 0.3 is 0 Å². The number of hydrazone groups is 1. The van der Waals surface area contributed by atoms with Crippen molar-refractivity contribution in [3.8, 4) is 6.07 Å². The third kappa shape index (κ3) is 3.98. The minimum atomic E-state index is -0.396. The molecule has 1 rings (SSSR count). The summed E-state index contributed by atoms with van der Waals surface area (Å²) in [4.78, 5) is 11.0. The lowest BCUT2D eigenvalue weighted by atomic mass is 10.1. The summed E-state index contributed by atoms with van der Waals surface area (Å²) in [5.41, 5.74) is 3.99. The number of hydrogen-bond acceptors (Lipinski definition) is 3. The van der Waals surface area contributed by atoms with E-state index in [1.807, 2.05) is 24.3 Å². The second-order valence-corrected chi connectivity index (χ2v) is 4.32. The van der Waals surface area contributed by atoms with Crippen molar-refractivity contribution in [1.82, 2.24) is 5.43 Å². The molecule has 82 valence electrons. The number of nitriles is 1. The summed E-state index contributed by atoms with van der Waals surface area (Å²) < 4.78 is 1.10. The Hall–Kier alpha value is -1.42. The molecular formula is C11H10IN3O. The molecular weight excluding hydrogens is 317 g/mol. The van der Waals surface area contributed by atoms with Gasteiger partial charge in [0.15, 0.2) is 0 Å². The lowest BCUT2D eigenvalue weighted by Gasteiger charge is -2.01. The third-order valence-corrected chi connectivity index (χ3v) is 2.50. The molecule has 0 saturated heterocycles. The number of halogens is 1. The Kier molecular flexibility index (Phi) is 4.92. The Bertz CT molecular complexity index is 463. The monoisotopic (exact) mass is 327 g/mol. The van der Waals surface area contributed by atoms with E-state index in [1.54, 1.807) is 13.0 Å². The summed E-state index contributed by atoms with van der Waals surface area (Å²) >= 11 is 2.21. The molecule has 0 bridgehead atoms.